The Hall–Kier alpha value is -4.36. The zero-order valence-corrected chi connectivity index (χ0v) is 17.4. The van der Waals surface area contributed by atoms with Crippen LogP contribution in [0.15, 0.2) is 139 Å². The molecule has 6 rings (SSSR count). The number of hydrogen-bond acceptors (Lipinski definition) is 1. The average Bonchev–Trinajstić information content (AvgIpc) is 3.03. The van der Waals surface area contributed by atoms with Gasteiger partial charge in [-0.25, -0.2) is 0 Å². The molecule has 0 unspecified atom stereocenters. The van der Waals surface area contributed by atoms with E-state index in [4.69, 9.17) is 13.7 Å². The molecule has 0 heterocycles. The minimum absolute atomic E-state index is 0.0691. The van der Waals surface area contributed by atoms with Gasteiger partial charge >= 0.3 is 0 Å². The third kappa shape index (κ3) is 3.54. The van der Waals surface area contributed by atoms with Crippen LogP contribution >= 0.6 is 0 Å². The first-order valence-corrected chi connectivity index (χ1v) is 10.4. The van der Waals surface area contributed by atoms with Gasteiger partial charge in [0, 0.05) is 16.8 Å². The molecule has 0 N–H and O–H groups in total. The molecular weight excluding hydrogens is 398 g/mol. The molecule has 0 aromatic heterocycles. The van der Waals surface area contributed by atoms with Gasteiger partial charge in [-0.2, -0.15) is 0 Å². The van der Waals surface area contributed by atoms with Crippen LogP contribution in [0.5, 0.6) is 0 Å². The molecule has 0 amide bonds. The number of anilines is 3. The summed E-state index contributed by atoms with van der Waals surface area (Å²) in [6.07, 6.45) is 0. The lowest BCUT2D eigenvalue weighted by molar-refractivity contribution is 1.30. The second-order valence-corrected chi connectivity index (χ2v) is 7.39. The van der Waals surface area contributed by atoms with Gasteiger partial charge in [0.2, 0.25) is 0 Å². The van der Waals surface area contributed by atoms with Gasteiger partial charge in [0.1, 0.15) is 0 Å². The van der Waals surface area contributed by atoms with E-state index in [2.05, 4.69) is 0 Å². The summed E-state index contributed by atoms with van der Waals surface area (Å²) in [5.74, 6) is 0. The van der Waals surface area contributed by atoms with Crippen LogP contribution in [0.3, 0.4) is 0 Å². The Labute approximate surface area is 209 Å². The third-order valence-electron chi connectivity index (χ3n) is 5.43. The Morgan fingerprint density at radius 2 is 1.27 bits per heavy atom. The molecule has 0 atom stereocenters. The molecule has 0 saturated heterocycles. The maximum atomic E-state index is 9.45. The predicted octanol–water partition coefficient (Wildman–Crippen LogP) is 9.13. The molecule has 0 aliphatic carbocycles. The first-order valence-electron chi connectivity index (χ1n) is 15.9. The molecule has 0 bridgehead atoms. The fourth-order valence-electron chi connectivity index (χ4n) is 3.94. The van der Waals surface area contributed by atoms with Gasteiger partial charge in [-0.1, -0.05) is 109 Å². The van der Waals surface area contributed by atoms with Gasteiger partial charge in [-0.15, -0.1) is 0 Å². The van der Waals surface area contributed by atoms with E-state index in [-0.39, 0.29) is 45.5 Å². The Kier molecular flexibility index (Phi) is 2.76. The summed E-state index contributed by atoms with van der Waals surface area (Å²) in [4.78, 5) is 1.28. The van der Waals surface area contributed by atoms with Gasteiger partial charge in [-0.05, 0) is 57.5 Å². The van der Waals surface area contributed by atoms with E-state index in [1.807, 2.05) is 30.3 Å². The molecule has 6 aromatic rings. The molecule has 0 saturated carbocycles. The summed E-state index contributed by atoms with van der Waals surface area (Å²) >= 11 is 0. The topological polar surface area (TPSA) is 3.24 Å². The quantitative estimate of drug-likeness (QED) is 0.268. The first kappa shape index (κ1) is 11.0. The van der Waals surface area contributed by atoms with Crippen molar-refractivity contribution in [1.29, 1.82) is 0 Å². The van der Waals surface area contributed by atoms with E-state index >= 15 is 0 Å². The molecule has 0 spiro atoms. The first-order chi connectivity index (χ1) is 21.0. The van der Waals surface area contributed by atoms with E-state index in [1.165, 1.54) is 4.90 Å². The zero-order valence-electron chi connectivity index (χ0n) is 28.4. The number of benzene rings is 6. The monoisotopic (exact) mass is 432 g/mol. The Balaban J connectivity index is 1.83. The van der Waals surface area contributed by atoms with Crippen molar-refractivity contribution in [2.45, 2.75) is 0 Å². The summed E-state index contributed by atoms with van der Waals surface area (Å²) in [7, 11) is 0. The number of hydrogen-bond donors (Lipinski definition) is 0. The smallest absolute Gasteiger partial charge is 0.0651 e. The fraction of sp³-hybridized carbons (Fsp3) is 0. The van der Waals surface area contributed by atoms with E-state index < -0.39 is 54.4 Å². The predicted molar refractivity (Wildman–Crippen MR) is 142 cm³/mol. The van der Waals surface area contributed by atoms with E-state index in [1.54, 1.807) is 42.5 Å². The number of rotatable bonds is 4. The van der Waals surface area contributed by atoms with Gasteiger partial charge in [0.05, 0.1) is 20.8 Å². The summed E-state index contributed by atoms with van der Waals surface area (Å²) < 4.78 is 96.2. The van der Waals surface area contributed by atoms with Crippen LogP contribution in [0, 0.1) is 0 Å². The molecule has 0 fully saturated rings. The second-order valence-electron chi connectivity index (χ2n) is 7.39. The number of para-hydroxylation sites is 1. The fourth-order valence-corrected chi connectivity index (χ4v) is 3.94. The third-order valence-corrected chi connectivity index (χ3v) is 5.43. The SMILES string of the molecule is [2H]c1c([2H])c(-c2cccc3ccccc23)c([2H])c(N(c2ccccc2)c2c([2H])c([2H])c([2H])c3c([2H])c([2H])c([2H])c([2H])c23)c1[2H]. The number of fused-ring (bicyclic) bond motifs is 2. The highest BCUT2D eigenvalue weighted by Crippen LogP contribution is 2.40. The highest BCUT2D eigenvalue weighted by atomic mass is 15.1. The molecule has 156 valence electrons. The molecule has 0 radical (unpaired) electrons. The van der Waals surface area contributed by atoms with Crippen LogP contribution in [0.25, 0.3) is 32.7 Å². The molecule has 1 nitrogen and oxygen atoms in total. The maximum Gasteiger partial charge on any atom is 0.0651 e. The van der Waals surface area contributed by atoms with Crippen molar-refractivity contribution in [2.75, 3.05) is 4.90 Å². The summed E-state index contributed by atoms with van der Waals surface area (Å²) in [5.41, 5.74) is 0.401. The Morgan fingerprint density at radius 1 is 0.515 bits per heavy atom. The summed E-state index contributed by atoms with van der Waals surface area (Å²) in [6.45, 7) is 0. The highest BCUT2D eigenvalue weighted by molar-refractivity contribution is 6.00. The lowest BCUT2D eigenvalue weighted by atomic mass is 9.97. The molecule has 6 aromatic carbocycles. The lowest BCUT2D eigenvalue weighted by Gasteiger charge is -2.27. The lowest BCUT2D eigenvalue weighted by Crippen LogP contribution is -2.10. The van der Waals surface area contributed by atoms with Gasteiger partial charge in [0.25, 0.3) is 0 Å². The van der Waals surface area contributed by atoms with Crippen molar-refractivity contribution in [3.63, 3.8) is 0 Å². The summed E-state index contributed by atoms with van der Waals surface area (Å²) in [5, 5.41) is 1.06. The van der Waals surface area contributed by atoms with Crippen LogP contribution in [0.2, 0.25) is 0 Å². The Bertz CT molecular complexity index is 2130. The van der Waals surface area contributed by atoms with Crippen molar-refractivity contribution in [1.82, 2.24) is 0 Å². The van der Waals surface area contributed by atoms with Crippen LogP contribution in [0.4, 0.5) is 17.1 Å². The largest absolute Gasteiger partial charge is 0.310 e. The minimum atomic E-state index is -0.607. The second kappa shape index (κ2) is 8.29. The van der Waals surface area contributed by atoms with E-state index in [0.717, 1.165) is 10.8 Å². The van der Waals surface area contributed by atoms with Crippen molar-refractivity contribution in [3.05, 3.63) is 139 Å². The van der Waals surface area contributed by atoms with Crippen molar-refractivity contribution in [2.24, 2.45) is 0 Å². The van der Waals surface area contributed by atoms with Crippen molar-refractivity contribution >= 4 is 38.6 Å². The molecule has 1 heteroatoms. The van der Waals surface area contributed by atoms with Crippen molar-refractivity contribution < 1.29 is 15.1 Å². The summed E-state index contributed by atoms with van der Waals surface area (Å²) in [6, 6.07) is 15.4. The van der Waals surface area contributed by atoms with E-state index in [0.29, 0.717) is 5.56 Å². The molecule has 0 aliphatic rings. The maximum absolute atomic E-state index is 9.45. The molecule has 33 heavy (non-hydrogen) atoms. The Morgan fingerprint density at radius 3 is 2.21 bits per heavy atom. The van der Waals surface area contributed by atoms with Crippen LogP contribution < -0.4 is 4.90 Å². The van der Waals surface area contributed by atoms with Gasteiger partial charge < -0.3 is 4.90 Å². The van der Waals surface area contributed by atoms with Gasteiger partial charge in [-0.3, -0.25) is 0 Å². The van der Waals surface area contributed by atoms with Crippen molar-refractivity contribution in [3.8, 4) is 11.1 Å². The standard InChI is InChI=1S/C32H23N/c1-2-16-27(17-3-1)33(32-22-10-14-25-12-5-7-20-31(25)32)28-18-8-15-26(23-28)30-21-9-13-24-11-4-6-19-29(24)30/h1-23H/i5D,7D,8D,10D,12D,14D,15D,18D,20D,22D,23D. The van der Waals surface area contributed by atoms with Crippen LogP contribution in [-0.4, -0.2) is 0 Å². The van der Waals surface area contributed by atoms with Crippen LogP contribution in [-0.2, 0) is 0 Å². The van der Waals surface area contributed by atoms with Gasteiger partial charge in [0.15, 0.2) is 0 Å². The van der Waals surface area contributed by atoms with E-state index in [9.17, 15) is 1.37 Å². The number of nitrogens with zero attached hydrogens (tertiary/aromatic N) is 1. The minimum Gasteiger partial charge on any atom is -0.310 e. The normalized spacial score (nSPS) is 15.7. The molecular formula is C32H23N. The van der Waals surface area contributed by atoms with Crippen LogP contribution in [0.1, 0.15) is 15.1 Å². The average molecular weight is 433 g/mol. The zero-order chi connectivity index (χ0) is 31.6. The molecule has 0 aliphatic heterocycles. The highest BCUT2D eigenvalue weighted by Gasteiger charge is 2.16.